The summed E-state index contributed by atoms with van der Waals surface area (Å²) in [6.07, 6.45) is 0.667. The molecule has 5 heterocycles. The van der Waals surface area contributed by atoms with Crippen molar-refractivity contribution in [1.29, 1.82) is 0 Å². The SMILES string of the molecule is Cc1noc(Cn2nnc3c(N4CC[C@@](C)(O)C4)nc(N4CCOCC4)nc32)n1. The van der Waals surface area contributed by atoms with E-state index in [0.29, 0.717) is 80.5 Å². The molecule has 0 aromatic carbocycles. The Labute approximate surface area is 166 Å². The summed E-state index contributed by atoms with van der Waals surface area (Å²) < 4.78 is 12.3. The first-order valence-electron chi connectivity index (χ1n) is 9.69. The molecule has 2 fully saturated rings. The molecule has 0 aliphatic carbocycles. The first kappa shape index (κ1) is 18.2. The molecule has 2 aliphatic rings. The number of rotatable bonds is 4. The zero-order chi connectivity index (χ0) is 20.0. The van der Waals surface area contributed by atoms with Crippen LogP contribution in [-0.4, -0.2) is 85.2 Å². The Morgan fingerprint density at radius 1 is 1.10 bits per heavy atom. The largest absolute Gasteiger partial charge is 0.388 e. The number of morpholine rings is 1. The number of fused-ring (bicyclic) bond motifs is 1. The van der Waals surface area contributed by atoms with Crippen molar-refractivity contribution in [1.82, 2.24) is 35.1 Å². The number of nitrogens with zero attached hydrogens (tertiary/aromatic N) is 9. The van der Waals surface area contributed by atoms with Gasteiger partial charge in [0.2, 0.25) is 11.8 Å². The Morgan fingerprint density at radius 2 is 1.93 bits per heavy atom. The van der Waals surface area contributed by atoms with E-state index in [4.69, 9.17) is 19.2 Å². The van der Waals surface area contributed by atoms with Crippen molar-refractivity contribution in [3.8, 4) is 0 Å². The van der Waals surface area contributed by atoms with Crippen LogP contribution >= 0.6 is 0 Å². The number of aryl methyl sites for hydroxylation is 1. The molecule has 29 heavy (non-hydrogen) atoms. The van der Waals surface area contributed by atoms with Crippen LogP contribution < -0.4 is 9.80 Å². The molecule has 2 saturated heterocycles. The second-order valence-corrected chi connectivity index (χ2v) is 7.77. The fourth-order valence-corrected chi connectivity index (χ4v) is 3.72. The highest BCUT2D eigenvalue weighted by Gasteiger charge is 2.34. The first-order valence-corrected chi connectivity index (χ1v) is 9.69. The van der Waals surface area contributed by atoms with Crippen LogP contribution in [0.25, 0.3) is 11.2 Å². The summed E-state index contributed by atoms with van der Waals surface area (Å²) in [4.78, 5) is 17.9. The summed E-state index contributed by atoms with van der Waals surface area (Å²) in [6, 6.07) is 0. The van der Waals surface area contributed by atoms with Crippen LogP contribution in [0, 0.1) is 6.92 Å². The molecular formula is C17H23N9O3. The van der Waals surface area contributed by atoms with Gasteiger partial charge in [-0.05, 0) is 20.3 Å². The number of anilines is 2. The number of β-amino-alcohol motifs (C(OH)–C–C–N with tert-alkyl or cyclic N) is 1. The Hall–Kier alpha value is -2.86. The number of aliphatic hydroxyl groups is 1. The standard InChI is InChI=1S/C17H23N9O3/c1-11-18-12(29-22-11)9-26-15-13(21-23-26)14(25-4-3-17(2,27)10-25)19-16(20-15)24-5-7-28-8-6-24/h27H,3-10H2,1-2H3/t17-/m1/s1. The minimum absolute atomic E-state index is 0.272. The van der Waals surface area contributed by atoms with E-state index < -0.39 is 5.60 Å². The molecule has 0 saturated carbocycles. The van der Waals surface area contributed by atoms with E-state index in [9.17, 15) is 5.11 Å². The minimum Gasteiger partial charge on any atom is -0.388 e. The van der Waals surface area contributed by atoms with Crippen molar-refractivity contribution >= 4 is 22.9 Å². The lowest BCUT2D eigenvalue weighted by molar-refractivity contribution is 0.0839. The molecule has 12 heteroatoms. The monoisotopic (exact) mass is 401 g/mol. The lowest BCUT2D eigenvalue weighted by Gasteiger charge is -2.28. The van der Waals surface area contributed by atoms with Gasteiger partial charge in [-0.15, -0.1) is 5.10 Å². The summed E-state index contributed by atoms with van der Waals surface area (Å²) in [6.45, 7) is 7.75. The van der Waals surface area contributed by atoms with Crippen LogP contribution in [0.5, 0.6) is 0 Å². The molecule has 5 rings (SSSR count). The molecule has 0 unspecified atom stereocenters. The molecule has 154 valence electrons. The average molecular weight is 401 g/mol. The third-order valence-corrected chi connectivity index (χ3v) is 5.23. The van der Waals surface area contributed by atoms with E-state index >= 15 is 0 Å². The smallest absolute Gasteiger partial charge is 0.248 e. The van der Waals surface area contributed by atoms with Crippen LogP contribution in [0.2, 0.25) is 0 Å². The molecule has 1 N–H and O–H groups in total. The number of aromatic nitrogens is 7. The summed E-state index contributed by atoms with van der Waals surface area (Å²) in [5.41, 5.74) is 0.433. The van der Waals surface area contributed by atoms with Crippen LogP contribution in [0.3, 0.4) is 0 Å². The highest BCUT2D eigenvalue weighted by molar-refractivity contribution is 5.84. The lowest BCUT2D eigenvalue weighted by atomic mass is 10.1. The lowest BCUT2D eigenvalue weighted by Crippen LogP contribution is -2.38. The first-order chi connectivity index (χ1) is 14.0. The average Bonchev–Trinajstić information content (AvgIpc) is 3.41. The highest BCUT2D eigenvalue weighted by atomic mass is 16.5. The maximum absolute atomic E-state index is 10.4. The topological polar surface area (TPSA) is 131 Å². The van der Waals surface area contributed by atoms with E-state index in [2.05, 4.69) is 25.4 Å². The summed E-state index contributed by atoms with van der Waals surface area (Å²) >= 11 is 0. The van der Waals surface area contributed by atoms with Gasteiger partial charge in [0.25, 0.3) is 0 Å². The van der Waals surface area contributed by atoms with Crippen molar-refractivity contribution < 1.29 is 14.4 Å². The normalized spacial score (nSPS) is 22.7. The van der Waals surface area contributed by atoms with Crippen LogP contribution in [-0.2, 0) is 11.3 Å². The zero-order valence-electron chi connectivity index (χ0n) is 16.4. The second kappa shape index (κ2) is 6.88. The highest BCUT2D eigenvalue weighted by Crippen LogP contribution is 2.31. The maximum Gasteiger partial charge on any atom is 0.248 e. The Kier molecular flexibility index (Phi) is 4.32. The molecular weight excluding hydrogens is 378 g/mol. The Morgan fingerprint density at radius 3 is 2.62 bits per heavy atom. The van der Waals surface area contributed by atoms with Gasteiger partial charge in [-0.3, -0.25) is 0 Å². The van der Waals surface area contributed by atoms with E-state index in [1.165, 1.54) is 0 Å². The van der Waals surface area contributed by atoms with Gasteiger partial charge >= 0.3 is 0 Å². The molecule has 2 aliphatic heterocycles. The second-order valence-electron chi connectivity index (χ2n) is 7.77. The van der Waals surface area contributed by atoms with Crippen LogP contribution in [0.15, 0.2) is 4.52 Å². The molecule has 3 aromatic rings. The van der Waals surface area contributed by atoms with Gasteiger partial charge in [0.1, 0.15) is 6.54 Å². The zero-order valence-corrected chi connectivity index (χ0v) is 16.4. The van der Waals surface area contributed by atoms with Gasteiger partial charge in [0.05, 0.1) is 18.8 Å². The fourth-order valence-electron chi connectivity index (χ4n) is 3.72. The van der Waals surface area contributed by atoms with E-state index in [1.54, 1.807) is 11.6 Å². The number of ether oxygens (including phenoxy) is 1. The summed E-state index contributed by atoms with van der Waals surface area (Å²) in [7, 11) is 0. The van der Waals surface area contributed by atoms with Crippen molar-refractivity contribution in [2.45, 2.75) is 32.4 Å². The third-order valence-electron chi connectivity index (χ3n) is 5.23. The molecule has 0 amide bonds. The number of hydrogen-bond acceptors (Lipinski definition) is 11. The van der Waals surface area contributed by atoms with Crippen LogP contribution in [0.1, 0.15) is 25.1 Å². The Balaban J connectivity index is 1.58. The van der Waals surface area contributed by atoms with E-state index in [0.717, 1.165) is 0 Å². The third kappa shape index (κ3) is 3.49. The van der Waals surface area contributed by atoms with E-state index in [1.807, 2.05) is 11.8 Å². The van der Waals surface area contributed by atoms with Crippen molar-refractivity contribution in [2.75, 3.05) is 49.2 Å². The van der Waals surface area contributed by atoms with Gasteiger partial charge in [-0.1, -0.05) is 10.4 Å². The summed E-state index contributed by atoms with van der Waals surface area (Å²) in [5, 5.41) is 22.9. The number of hydrogen-bond donors (Lipinski definition) is 1. The molecule has 0 spiro atoms. The molecule has 1 atom stereocenters. The molecule has 12 nitrogen and oxygen atoms in total. The summed E-state index contributed by atoms with van der Waals surface area (Å²) in [5.74, 6) is 2.29. The van der Waals surface area contributed by atoms with Gasteiger partial charge in [-0.2, -0.15) is 15.0 Å². The van der Waals surface area contributed by atoms with Gasteiger partial charge in [-0.25, -0.2) is 4.68 Å². The van der Waals surface area contributed by atoms with Crippen molar-refractivity contribution in [2.24, 2.45) is 0 Å². The van der Waals surface area contributed by atoms with E-state index in [-0.39, 0.29) is 6.54 Å². The maximum atomic E-state index is 10.4. The quantitative estimate of drug-likeness (QED) is 0.621. The minimum atomic E-state index is -0.756. The van der Waals surface area contributed by atoms with Gasteiger partial charge < -0.3 is 24.2 Å². The molecule has 3 aromatic heterocycles. The predicted molar refractivity (Wildman–Crippen MR) is 102 cm³/mol. The predicted octanol–water partition coefficient (Wildman–Crippen LogP) is -0.241. The van der Waals surface area contributed by atoms with Crippen LogP contribution in [0.4, 0.5) is 11.8 Å². The molecule has 0 radical (unpaired) electrons. The van der Waals surface area contributed by atoms with Gasteiger partial charge in [0.15, 0.2) is 22.8 Å². The fraction of sp³-hybridized carbons (Fsp3) is 0.647. The van der Waals surface area contributed by atoms with Gasteiger partial charge in [0, 0.05) is 26.2 Å². The molecule has 0 bridgehead atoms. The Bertz CT molecular complexity index is 1020. The van der Waals surface area contributed by atoms with Crippen molar-refractivity contribution in [3.63, 3.8) is 0 Å². The van der Waals surface area contributed by atoms with Crippen molar-refractivity contribution in [3.05, 3.63) is 11.7 Å².